The number of rotatable bonds is 5. The van der Waals surface area contributed by atoms with Crippen molar-refractivity contribution in [3.8, 4) is 5.69 Å². The molecule has 2 aromatic carbocycles. The van der Waals surface area contributed by atoms with E-state index in [1.807, 2.05) is 0 Å². The van der Waals surface area contributed by atoms with Gasteiger partial charge in [-0.1, -0.05) is 12.1 Å². The van der Waals surface area contributed by atoms with Gasteiger partial charge in [-0.2, -0.15) is 18.3 Å². The Bertz CT molecular complexity index is 1080. The van der Waals surface area contributed by atoms with E-state index >= 15 is 0 Å². The molecule has 0 radical (unpaired) electrons. The predicted molar refractivity (Wildman–Crippen MR) is 107 cm³/mol. The molecule has 0 saturated heterocycles. The molecule has 1 amide bonds. The van der Waals surface area contributed by atoms with E-state index in [0.29, 0.717) is 20.4 Å². The topological polar surface area (TPSA) is 73.2 Å². The minimum atomic E-state index is -4.83. The van der Waals surface area contributed by atoms with Gasteiger partial charge in [0, 0.05) is 10.2 Å². The second-order valence-electron chi connectivity index (χ2n) is 6.02. The number of anilines is 1. The van der Waals surface area contributed by atoms with Crippen LogP contribution in [0.15, 0.2) is 59.2 Å². The Morgan fingerprint density at radius 1 is 1.10 bits per heavy atom. The highest BCUT2D eigenvalue weighted by atomic mass is 79.9. The Morgan fingerprint density at radius 2 is 1.77 bits per heavy atom. The van der Waals surface area contributed by atoms with Crippen molar-refractivity contribution in [3.05, 3.63) is 76.0 Å². The maximum absolute atomic E-state index is 13.6. The maximum atomic E-state index is 13.6. The molecule has 1 heterocycles. The standard InChI is InChI=1S/C20H15BrF3N3O3/c1-2-30-19(29)15-11-25-27(17(15)20(22,23)24)13-9-7-12(8-10-13)26-18(28)14-5-3-4-6-16(14)21/h3-11H,2H2,1H3,(H,26,28). The van der Waals surface area contributed by atoms with Crippen LogP contribution < -0.4 is 5.32 Å². The van der Waals surface area contributed by atoms with Gasteiger partial charge in [0.1, 0.15) is 5.56 Å². The summed E-state index contributed by atoms with van der Waals surface area (Å²) in [5, 5.41) is 6.38. The zero-order valence-corrected chi connectivity index (χ0v) is 17.1. The molecule has 156 valence electrons. The number of halogens is 4. The van der Waals surface area contributed by atoms with Crippen LogP contribution in [0.5, 0.6) is 0 Å². The van der Waals surface area contributed by atoms with E-state index in [1.165, 1.54) is 31.2 Å². The minimum absolute atomic E-state index is 0.0623. The average Bonchev–Trinajstić information content (AvgIpc) is 3.15. The summed E-state index contributed by atoms with van der Waals surface area (Å²) < 4.78 is 46.6. The van der Waals surface area contributed by atoms with E-state index < -0.39 is 23.4 Å². The fraction of sp³-hybridized carbons (Fsp3) is 0.150. The molecular formula is C20H15BrF3N3O3. The van der Waals surface area contributed by atoms with Crippen LogP contribution in [0.2, 0.25) is 0 Å². The van der Waals surface area contributed by atoms with Crippen molar-refractivity contribution in [2.75, 3.05) is 11.9 Å². The number of nitrogens with zero attached hydrogens (tertiary/aromatic N) is 2. The molecular weight excluding hydrogens is 467 g/mol. The second kappa shape index (κ2) is 8.70. The van der Waals surface area contributed by atoms with Gasteiger partial charge in [-0.25, -0.2) is 9.48 Å². The van der Waals surface area contributed by atoms with E-state index in [4.69, 9.17) is 0 Å². The normalized spacial score (nSPS) is 11.2. The van der Waals surface area contributed by atoms with Gasteiger partial charge in [0.2, 0.25) is 0 Å². The molecule has 0 saturated carbocycles. The van der Waals surface area contributed by atoms with Gasteiger partial charge in [-0.3, -0.25) is 4.79 Å². The summed E-state index contributed by atoms with van der Waals surface area (Å²) in [4.78, 5) is 24.2. The molecule has 0 aliphatic carbocycles. The Morgan fingerprint density at radius 3 is 2.37 bits per heavy atom. The van der Waals surface area contributed by atoms with Gasteiger partial charge < -0.3 is 10.1 Å². The number of nitrogens with one attached hydrogen (secondary N) is 1. The summed E-state index contributed by atoms with van der Waals surface area (Å²) >= 11 is 3.29. The SMILES string of the molecule is CCOC(=O)c1cnn(-c2ccc(NC(=O)c3ccccc3Br)cc2)c1C(F)(F)F. The Balaban J connectivity index is 1.89. The largest absolute Gasteiger partial charge is 0.462 e. The number of hydrogen-bond donors (Lipinski definition) is 1. The van der Waals surface area contributed by atoms with Crippen LogP contribution in [0.25, 0.3) is 5.69 Å². The lowest BCUT2D eigenvalue weighted by Crippen LogP contribution is -2.18. The Hall–Kier alpha value is -3.14. The molecule has 1 aromatic heterocycles. The van der Waals surface area contributed by atoms with Crippen LogP contribution in [0.4, 0.5) is 18.9 Å². The molecule has 3 aromatic rings. The van der Waals surface area contributed by atoms with E-state index in [-0.39, 0.29) is 18.2 Å². The number of amides is 1. The zero-order valence-electron chi connectivity index (χ0n) is 15.5. The zero-order chi connectivity index (χ0) is 21.9. The summed E-state index contributed by atoms with van der Waals surface area (Å²) in [6, 6.07) is 12.4. The fourth-order valence-electron chi connectivity index (χ4n) is 2.70. The average molecular weight is 482 g/mol. The van der Waals surface area contributed by atoms with Crippen LogP contribution in [-0.2, 0) is 10.9 Å². The van der Waals surface area contributed by atoms with Crippen molar-refractivity contribution in [1.29, 1.82) is 0 Å². The van der Waals surface area contributed by atoms with Gasteiger partial charge in [0.15, 0.2) is 5.69 Å². The first-order valence-electron chi connectivity index (χ1n) is 8.71. The molecule has 1 N–H and O–H groups in total. The first-order chi connectivity index (χ1) is 14.2. The van der Waals surface area contributed by atoms with Crippen molar-refractivity contribution in [3.63, 3.8) is 0 Å². The third-order valence-electron chi connectivity index (χ3n) is 4.02. The van der Waals surface area contributed by atoms with E-state index in [0.717, 1.165) is 6.20 Å². The lowest BCUT2D eigenvalue weighted by molar-refractivity contribution is -0.143. The molecule has 30 heavy (non-hydrogen) atoms. The van der Waals surface area contributed by atoms with Crippen molar-refractivity contribution < 1.29 is 27.5 Å². The van der Waals surface area contributed by atoms with Gasteiger partial charge in [0.25, 0.3) is 5.91 Å². The number of ether oxygens (including phenoxy) is 1. The van der Waals surface area contributed by atoms with E-state index in [9.17, 15) is 22.8 Å². The Labute approximate surface area is 177 Å². The monoisotopic (exact) mass is 481 g/mol. The summed E-state index contributed by atoms with van der Waals surface area (Å²) in [6.45, 7) is 1.43. The summed E-state index contributed by atoms with van der Waals surface area (Å²) in [5.41, 5.74) is -1.05. The van der Waals surface area contributed by atoms with Gasteiger partial charge in [-0.15, -0.1) is 0 Å². The number of hydrogen-bond acceptors (Lipinski definition) is 4. The quantitative estimate of drug-likeness (QED) is 0.515. The van der Waals surface area contributed by atoms with Crippen molar-refractivity contribution >= 4 is 33.5 Å². The highest BCUT2D eigenvalue weighted by Crippen LogP contribution is 2.34. The van der Waals surface area contributed by atoms with Crippen LogP contribution in [-0.4, -0.2) is 28.3 Å². The fourth-order valence-corrected chi connectivity index (χ4v) is 3.17. The van der Waals surface area contributed by atoms with Crippen LogP contribution in [0.3, 0.4) is 0 Å². The van der Waals surface area contributed by atoms with Crippen molar-refractivity contribution in [2.45, 2.75) is 13.1 Å². The maximum Gasteiger partial charge on any atom is 0.434 e. The molecule has 0 aliphatic rings. The molecule has 3 rings (SSSR count). The third-order valence-corrected chi connectivity index (χ3v) is 4.71. The molecule has 0 bridgehead atoms. The first kappa shape index (κ1) is 21.6. The number of alkyl halides is 3. The lowest BCUT2D eigenvalue weighted by Gasteiger charge is -2.13. The summed E-state index contributed by atoms with van der Waals surface area (Å²) in [7, 11) is 0. The number of carbonyl (C=O) groups is 2. The van der Waals surface area contributed by atoms with Crippen LogP contribution >= 0.6 is 15.9 Å². The minimum Gasteiger partial charge on any atom is -0.462 e. The molecule has 0 fully saturated rings. The number of carbonyl (C=O) groups excluding carboxylic acids is 2. The predicted octanol–water partition coefficient (Wildman–Crippen LogP) is 5.08. The van der Waals surface area contributed by atoms with Crippen LogP contribution in [0.1, 0.15) is 33.3 Å². The number of benzene rings is 2. The molecule has 10 heteroatoms. The van der Waals surface area contributed by atoms with Crippen molar-refractivity contribution in [1.82, 2.24) is 9.78 Å². The molecule has 0 spiro atoms. The second-order valence-corrected chi connectivity index (χ2v) is 6.87. The highest BCUT2D eigenvalue weighted by Gasteiger charge is 2.41. The molecule has 6 nitrogen and oxygen atoms in total. The number of aromatic nitrogens is 2. The van der Waals surface area contributed by atoms with Gasteiger partial charge in [0.05, 0.1) is 24.1 Å². The Kier molecular flexibility index (Phi) is 6.25. The molecule has 0 atom stereocenters. The molecule has 0 aliphatic heterocycles. The third kappa shape index (κ3) is 4.54. The number of esters is 1. The molecule has 0 unspecified atom stereocenters. The first-order valence-corrected chi connectivity index (χ1v) is 9.50. The van der Waals surface area contributed by atoms with E-state index in [1.54, 1.807) is 24.3 Å². The summed E-state index contributed by atoms with van der Waals surface area (Å²) in [5.74, 6) is -1.48. The lowest BCUT2D eigenvalue weighted by atomic mass is 10.2. The van der Waals surface area contributed by atoms with Crippen molar-refractivity contribution in [2.24, 2.45) is 0 Å². The van der Waals surface area contributed by atoms with E-state index in [2.05, 4.69) is 31.1 Å². The summed E-state index contributed by atoms with van der Waals surface area (Å²) in [6.07, 6.45) is -4.01. The van der Waals surface area contributed by atoms with Crippen LogP contribution in [0, 0.1) is 0 Å². The highest BCUT2D eigenvalue weighted by molar-refractivity contribution is 9.10. The smallest absolute Gasteiger partial charge is 0.434 e. The van der Waals surface area contributed by atoms with Gasteiger partial charge >= 0.3 is 12.1 Å². The van der Waals surface area contributed by atoms with Gasteiger partial charge in [-0.05, 0) is 59.3 Å².